The SMILES string of the molecule is CCc1cc(-c2ccc3c(c2)CCC3NC(=O)c2cn[nH]c2C)no1. The minimum Gasteiger partial charge on any atom is -0.361 e. The van der Waals surface area contributed by atoms with E-state index in [-0.39, 0.29) is 11.9 Å². The van der Waals surface area contributed by atoms with Crippen LogP contribution in [0, 0.1) is 6.92 Å². The van der Waals surface area contributed by atoms with Crippen molar-refractivity contribution in [3.63, 3.8) is 0 Å². The van der Waals surface area contributed by atoms with E-state index in [1.807, 2.05) is 26.0 Å². The van der Waals surface area contributed by atoms with Crippen LogP contribution in [0.3, 0.4) is 0 Å². The molecule has 2 N–H and O–H groups in total. The monoisotopic (exact) mass is 336 g/mol. The van der Waals surface area contributed by atoms with Gasteiger partial charge in [0.1, 0.15) is 11.5 Å². The van der Waals surface area contributed by atoms with Gasteiger partial charge >= 0.3 is 0 Å². The second kappa shape index (κ2) is 6.20. The lowest BCUT2D eigenvalue weighted by molar-refractivity contribution is 0.0936. The van der Waals surface area contributed by atoms with E-state index in [4.69, 9.17) is 4.52 Å². The van der Waals surface area contributed by atoms with Gasteiger partial charge in [0.2, 0.25) is 0 Å². The smallest absolute Gasteiger partial charge is 0.255 e. The number of aromatic amines is 1. The average Bonchev–Trinajstić information content (AvgIpc) is 3.34. The average molecular weight is 336 g/mol. The van der Waals surface area contributed by atoms with Crippen molar-refractivity contribution in [3.05, 3.63) is 58.6 Å². The summed E-state index contributed by atoms with van der Waals surface area (Å²) in [5.41, 5.74) is 5.73. The summed E-state index contributed by atoms with van der Waals surface area (Å²) in [6, 6.07) is 8.31. The van der Waals surface area contributed by atoms with E-state index in [1.54, 1.807) is 6.20 Å². The largest absolute Gasteiger partial charge is 0.361 e. The Morgan fingerprint density at radius 2 is 2.28 bits per heavy atom. The van der Waals surface area contributed by atoms with E-state index >= 15 is 0 Å². The summed E-state index contributed by atoms with van der Waals surface area (Å²) in [5.74, 6) is 0.799. The summed E-state index contributed by atoms with van der Waals surface area (Å²) in [4.78, 5) is 12.4. The van der Waals surface area contributed by atoms with Crippen LogP contribution < -0.4 is 5.32 Å². The van der Waals surface area contributed by atoms with Crippen LogP contribution in [0.15, 0.2) is 35.0 Å². The van der Waals surface area contributed by atoms with Crippen LogP contribution in [0.4, 0.5) is 0 Å². The first kappa shape index (κ1) is 15.6. The zero-order valence-electron chi connectivity index (χ0n) is 14.3. The van der Waals surface area contributed by atoms with E-state index in [9.17, 15) is 4.79 Å². The number of hydrogen-bond donors (Lipinski definition) is 2. The van der Waals surface area contributed by atoms with Gasteiger partial charge in [-0.15, -0.1) is 0 Å². The van der Waals surface area contributed by atoms with Crippen molar-refractivity contribution in [1.82, 2.24) is 20.7 Å². The number of hydrogen-bond acceptors (Lipinski definition) is 4. The predicted octanol–water partition coefficient (Wildman–Crippen LogP) is 3.35. The molecule has 128 valence electrons. The van der Waals surface area contributed by atoms with Crippen molar-refractivity contribution >= 4 is 5.91 Å². The molecule has 1 unspecified atom stereocenters. The third-order valence-corrected chi connectivity index (χ3v) is 4.80. The highest BCUT2D eigenvalue weighted by atomic mass is 16.5. The van der Waals surface area contributed by atoms with Crippen LogP contribution in [-0.2, 0) is 12.8 Å². The first-order valence-corrected chi connectivity index (χ1v) is 8.55. The minimum absolute atomic E-state index is 0.0364. The number of aryl methyl sites for hydroxylation is 3. The molecule has 0 saturated heterocycles. The lowest BCUT2D eigenvalue weighted by atomic mass is 10.0. The maximum Gasteiger partial charge on any atom is 0.255 e. The van der Waals surface area contributed by atoms with Gasteiger partial charge < -0.3 is 9.84 Å². The molecule has 25 heavy (non-hydrogen) atoms. The van der Waals surface area contributed by atoms with Crippen molar-refractivity contribution in [3.8, 4) is 11.3 Å². The lowest BCUT2D eigenvalue weighted by Gasteiger charge is -2.14. The Labute approximate surface area is 145 Å². The Hall–Kier alpha value is -2.89. The predicted molar refractivity (Wildman–Crippen MR) is 93.2 cm³/mol. The molecule has 2 heterocycles. The summed E-state index contributed by atoms with van der Waals surface area (Å²) >= 11 is 0. The minimum atomic E-state index is -0.0859. The number of carbonyl (C=O) groups is 1. The number of amides is 1. The number of benzene rings is 1. The van der Waals surface area contributed by atoms with Crippen molar-refractivity contribution in [1.29, 1.82) is 0 Å². The van der Waals surface area contributed by atoms with Crippen LogP contribution in [-0.4, -0.2) is 21.3 Å². The summed E-state index contributed by atoms with van der Waals surface area (Å²) in [5, 5.41) is 14.0. The van der Waals surface area contributed by atoms with Gasteiger partial charge in [-0.2, -0.15) is 5.10 Å². The molecule has 3 aromatic rings. The van der Waals surface area contributed by atoms with E-state index in [1.165, 1.54) is 11.1 Å². The number of rotatable bonds is 4. The molecule has 6 nitrogen and oxygen atoms in total. The van der Waals surface area contributed by atoms with Crippen LogP contribution in [0.5, 0.6) is 0 Å². The van der Waals surface area contributed by atoms with Gasteiger partial charge in [0, 0.05) is 23.7 Å². The van der Waals surface area contributed by atoms with Crippen molar-refractivity contribution < 1.29 is 9.32 Å². The molecule has 0 radical (unpaired) electrons. The fraction of sp³-hybridized carbons (Fsp3) is 0.316. The molecule has 4 rings (SSSR count). The van der Waals surface area contributed by atoms with Crippen LogP contribution in [0.1, 0.15) is 52.3 Å². The van der Waals surface area contributed by atoms with Gasteiger partial charge in [-0.3, -0.25) is 9.89 Å². The molecule has 1 aromatic carbocycles. The summed E-state index contributed by atoms with van der Waals surface area (Å²) in [7, 11) is 0. The number of fused-ring (bicyclic) bond motifs is 1. The molecule has 0 bridgehead atoms. The normalized spacial score (nSPS) is 16.0. The second-order valence-corrected chi connectivity index (χ2v) is 6.42. The van der Waals surface area contributed by atoms with Gasteiger partial charge in [0.15, 0.2) is 0 Å². The number of carbonyl (C=O) groups excluding carboxylic acids is 1. The van der Waals surface area contributed by atoms with E-state index in [2.05, 4.69) is 32.8 Å². The van der Waals surface area contributed by atoms with Crippen LogP contribution in [0.2, 0.25) is 0 Å². The Bertz CT molecular complexity index is 925. The third-order valence-electron chi connectivity index (χ3n) is 4.80. The molecule has 0 aliphatic heterocycles. The van der Waals surface area contributed by atoms with Crippen molar-refractivity contribution in [2.24, 2.45) is 0 Å². The van der Waals surface area contributed by atoms with Crippen molar-refractivity contribution in [2.45, 2.75) is 39.2 Å². The highest BCUT2D eigenvalue weighted by molar-refractivity contribution is 5.95. The number of H-pyrrole nitrogens is 1. The lowest BCUT2D eigenvalue weighted by Crippen LogP contribution is -2.27. The zero-order valence-corrected chi connectivity index (χ0v) is 14.3. The number of nitrogens with one attached hydrogen (secondary N) is 2. The summed E-state index contributed by atoms with van der Waals surface area (Å²) in [6.45, 7) is 3.89. The highest BCUT2D eigenvalue weighted by Gasteiger charge is 2.25. The molecule has 0 spiro atoms. The van der Waals surface area contributed by atoms with Crippen LogP contribution in [0.25, 0.3) is 11.3 Å². The standard InChI is InChI=1S/C19H20N4O2/c1-3-14-9-18(23-25-14)13-4-6-15-12(8-13)5-7-17(15)21-19(24)16-10-20-22-11(16)2/h4,6,8-10,17H,3,5,7H2,1-2H3,(H,20,22)(H,21,24). The molecule has 1 amide bonds. The maximum absolute atomic E-state index is 12.4. The van der Waals surface area contributed by atoms with E-state index in [0.717, 1.165) is 42.0 Å². The van der Waals surface area contributed by atoms with Gasteiger partial charge in [-0.1, -0.05) is 24.2 Å². The van der Waals surface area contributed by atoms with Gasteiger partial charge in [0.25, 0.3) is 5.91 Å². The van der Waals surface area contributed by atoms with Crippen molar-refractivity contribution in [2.75, 3.05) is 0 Å². The molecule has 6 heteroatoms. The Morgan fingerprint density at radius 1 is 1.40 bits per heavy atom. The molecule has 1 aliphatic rings. The fourth-order valence-electron chi connectivity index (χ4n) is 3.36. The summed E-state index contributed by atoms with van der Waals surface area (Å²) < 4.78 is 5.30. The first-order valence-electron chi connectivity index (χ1n) is 8.55. The molecule has 2 aromatic heterocycles. The Balaban J connectivity index is 1.55. The Kier molecular flexibility index (Phi) is 3.87. The molecular weight excluding hydrogens is 316 g/mol. The molecule has 1 aliphatic carbocycles. The Morgan fingerprint density at radius 3 is 3.00 bits per heavy atom. The quantitative estimate of drug-likeness (QED) is 0.765. The van der Waals surface area contributed by atoms with Gasteiger partial charge in [-0.05, 0) is 37.0 Å². The highest BCUT2D eigenvalue weighted by Crippen LogP contribution is 2.34. The number of aromatic nitrogens is 3. The second-order valence-electron chi connectivity index (χ2n) is 6.42. The van der Waals surface area contributed by atoms with Gasteiger partial charge in [-0.25, -0.2) is 0 Å². The summed E-state index contributed by atoms with van der Waals surface area (Å²) in [6.07, 6.45) is 4.25. The molecule has 0 fully saturated rings. The molecular formula is C19H20N4O2. The molecule has 0 saturated carbocycles. The first-order chi connectivity index (χ1) is 12.2. The molecule has 1 atom stereocenters. The zero-order chi connectivity index (χ0) is 17.4. The fourth-order valence-corrected chi connectivity index (χ4v) is 3.36. The van der Waals surface area contributed by atoms with E-state index in [0.29, 0.717) is 5.56 Å². The topological polar surface area (TPSA) is 83.8 Å². The van der Waals surface area contributed by atoms with Crippen LogP contribution >= 0.6 is 0 Å². The third kappa shape index (κ3) is 2.84. The van der Waals surface area contributed by atoms with E-state index < -0.39 is 0 Å². The maximum atomic E-state index is 12.4. The van der Waals surface area contributed by atoms with Gasteiger partial charge in [0.05, 0.1) is 17.8 Å². The number of nitrogens with zero attached hydrogens (tertiary/aromatic N) is 2.